The van der Waals surface area contributed by atoms with E-state index in [1.165, 1.54) is 76.2 Å². The fraction of sp³-hybridized carbons (Fsp3) is 0.600. The number of ether oxygens (including phenoxy) is 1. The Morgan fingerprint density at radius 3 is 2.09 bits per heavy atom. The first-order valence-electron chi connectivity index (χ1n) is 13.3. The first kappa shape index (κ1) is 25.1. The largest absolute Gasteiger partial charge is 0.484 e. The summed E-state index contributed by atoms with van der Waals surface area (Å²) in [5, 5.41) is 0. The summed E-state index contributed by atoms with van der Waals surface area (Å²) in [6.07, 6.45) is 11.0. The van der Waals surface area contributed by atoms with Crippen molar-refractivity contribution < 1.29 is 17.9 Å². The lowest BCUT2D eigenvalue weighted by atomic mass is 9.63. The smallest absolute Gasteiger partial charge is 0.422 e. The van der Waals surface area contributed by atoms with E-state index < -0.39 is 12.8 Å². The summed E-state index contributed by atoms with van der Waals surface area (Å²) in [5.41, 5.74) is 3.52. The zero-order valence-electron chi connectivity index (χ0n) is 20.5. The topological polar surface area (TPSA) is 9.23 Å². The summed E-state index contributed by atoms with van der Waals surface area (Å²) in [7, 11) is 0. The van der Waals surface area contributed by atoms with Crippen molar-refractivity contribution in [1.82, 2.24) is 0 Å². The normalized spacial score (nSPS) is 25.1. The predicted octanol–water partition coefficient (Wildman–Crippen LogP) is 9.57. The molecule has 2 saturated carbocycles. The van der Waals surface area contributed by atoms with E-state index in [-0.39, 0.29) is 5.75 Å². The van der Waals surface area contributed by atoms with Crippen molar-refractivity contribution in [1.29, 1.82) is 0 Å². The molecule has 2 aromatic carbocycles. The Hall–Kier alpha value is -1.97. The molecular formula is C30H39F3O. The second-order valence-electron chi connectivity index (χ2n) is 10.6. The highest BCUT2D eigenvalue weighted by molar-refractivity contribution is 5.64. The molecule has 186 valence electrons. The van der Waals surface area contributed by atoms with Crippen molar-refractivity contribution in [3.8, 4) is 16.9 Å². The molecule has 34 heavy (non-hydrogen) atoms. The van der Waals surface area contributed by atoms with E-state index in [9.17, 15) is 13.2 Å². The standard InChI is InChI=1S/C30H39F3O/c1-2-3-4-5-6-22-7-8-28-20-27(14-13-26(28)19-22)25-11-9-23(10-12-25)24-15-17-29(18-16-24)34-21-30(31,32)33/h9-12,15-18,22,26-28H,2-8,13-14,19-21H2,1H3/t22?,26-,27-,28-/m1/s1. The molecule has 4 atom stereocenters. The number of hydrogen-bond donors (Lipinski definition) is 0. The van der Waals surface area contributed by atoms with Crippen molar-refractivity contribution in [2.45, 2.75) is 89.6 Å². The van der Waals surface area contributed by atoms with Gasteiger partial charge in [-0.15, -0.1) is 0 Å². The van der Waals surface area contributed by atoms with Crippen LogP contribution in [0.4, 0.5) is 13.2 Å². The van der Waals surface area contributed by atoms with Crippen LogP contribution in [0.2, 0.25) is 0 Å². The lowest BCUT2D eigenvalue weighted by molar-refractivity contribution is -0.153. The van der Waals surface area contributed by atoms with Crippen LogP contribution in [0.15, 0.2) is 48.5 Å². The van der Waals surface area contributed by atoms with Crippen LogP contribution < -0.4 is 4.74 Å². The summed E-state index contributed by atoms with van der Waals surface area (Å²) < 4.78 is 41.8. The third-order valence-corrected chi connectivity index (χ3v) is 8.16. The minimum atomic E-state index is -4.32. The highest BCUT2D eigenvalue weighted by atomic mass is 19.4. The second-order valence-corrected chi connectivity index (χ2v) is 10.6. The van der Waals surface area contributed by atoms with Gasteiger partial charge in [-0.05, 0) is 84.6 Å². The fourth-order valence-electron chi connectivity index (χ4n) is 6.27. The minimum absolute atomic E-state index is 0.241. The van der Waals surface area contributed by atoms with Gasteiger partial charge in [-0.3, -0.25) is 0 Å². The van der Waals surface area contributed by atoms with Crippen molar-refractivity contribution in [2.24, 2.45) is 17.8 Å². The highest BCUT2D eigenvalue weighted by Gasteiger charge is 2.35. The molecule has 2 aliphatic carbocycles. The van der Waals surface area contributed by atoms with Gasteiger partial charge < -0.3 is 4.74 Å². The van der Waals surface area contributed by atoms with Crippen LogP contribution in [0.5, 0.6) is 5.75 Å². The minimum Gasteiger partial charge on any atom is -0.484 e. The molecule has 0 aromatic heterocycles. The van der Waals surface area contributed by atoms with Crippen molar-refractivity contribution in [3.63, 3.8) is 0 Å². The number of unbranched alkanes of at least 4 members (excludes halogenated alkanes) is 3. The Morgan fingerprint density at radius 2 is 1.41 bits per heavy atom. The molecule has 2 fully saturated rings. The zero-order chi connectivity index (χ0) is 24.0. The van der Waals surface area contributed by atoms with E-state index in [1.54, 1.807) is 12.1 Å². The molecule has 4 rings (SSSR count). The van der Waals surface area contributed by atoms with Gasteiger partial charge in [0, 0.05) is 0 Å². The average molecular weight is 473 g/mol. The molecule has 0 N–H and O–H groups in total. The number of fused-ring (bicyclic) bond motifs is 1. The van der Waals surface area contributed by atoms with E-state index in [2.05, 4.69) is 31.2 Å². The first-order chi connectivity index (χ1) is 16.4. The van der Waals surface area contributed by atoms with Crippen LogP contribution in [-0.4, -0.2) is 12.8 Å². The molecule has 0 aliphatic heterocycles. The van der Waals surface area contributed by atoms with E-state index >= 15 is 0 Å². The number of alkyl halides is 3. The molecule has 2 aliphatic rings. The predicted molar refractivity (Wildman–Crippen MR) is 133 cm³/mol. The third-order valence-electron chi connectivity index (χ3n) is 8.16. The second kappa shape index (κ2) is 11.6. The van der Waals surface area contributed by atoms with Gasteiger partial charge in [0.15, 0.2) is 6.61 Å². The number of halogens is 3. The summed E-state index contributed by atoms with van der Waals surface area (Å²) in [5.74, 6) is 3.71. The van der Waals surface area contributed by atoms with Crippen LogP contribution in [-0.2, 0) is 0 Å². The zero-order valence-corrected chi connectivity index (χ0v) is 20.5. The quantitative estimate of drug-likeness (QED) is 0.330. The molecule has 4 heteroatoms. The summed E-state index contributed by atoms with van der Waals surface area (Å²) in [6.45, 7) is 1.03. The van der Waals surface area contributed by atoms with Gasteiger partial charge in [0.25, 0.3) is 0 Å². The highest BCUT2D eigenvalue weighted by Crippen LogP contribution is 2.48. The third kappa shape index (κ3) is 7.02. The molecule has 0 saturated heterocycles. The number of rotatable bonds is 9. The summed E-state index contributed by atoms with van der Waals surface area (Å²) in [6, 6.07) is 15.7. The van der Waals surface area contributed by atoms with Crippen molar-refractivity contribution >= 4 is 0 Å². The van der Waals surface area contributed by atoms with E-state index in [0.29, 0.717) is 5.92 Å². The SMILES string of the molecule is CCCCCCC1CC[C@@H]2C[C@H](c3ccc(-c4ccc(OCC(F)(F)F)cc4)cc3)CC[C@@H]2C1. The maximum atomic E-state index is 12.3. The monoisotopic (exact) mass is 472 g/mol. The Kier molecular flexibility index (Phi) is 8.60. The van der Waals surface area contributed by atoms with Gasteiger partial charge >= 0.3 is 6.18 Å². The van der Waals surface area contributed by atoms with E-state index in [1.807, 2.05) is 12.1 Å². The van der Waals surface area contributed by atoms with Gasteiger partial charge in [0.2, 0.25) is 0 Å². The lowest BCUT2D eigenvalue weighted by Crippen LogP contribution is -2.30. The molecule has 0 radical (unpaired) electrons. The molecule has 0 bridgehead atoms. The van der Waals surface area contributed by atoms with Gasteiger partial charge in [0.1, 0.15) is 5.75 Å². The van der Waals surface area contributed by atoms with Gasteiger partial charge in [0.05, 0.1) is 0 Å². The molecule has 0 spiro atoms. The first-order valence-corrected chi connectivity index (χ1v) is 13.3. The maximum absolute atomic E-state index is 12.3. The van der Waals surface area contributed by atoms with Gasteiger partial charge in [-0.2, -0.15) is 13.2 Å². The summed E-state index contributed by atoms with van der Waals surface area (Å²) in [4.78, 5) is 0. The Labute approximate surface area is 203 Å². The Morgan fingerprint density at radius 1 is 0.765 bits per heavy atom. The van der Waals surface area contributed by atoms with Gasteiger partial charge in [-0.25, -0.2) is 0 Å². The van der Waals surface area contributed by atoms with Crippen LogP contribution in [0, 0.1) is 17.8 Å². The van der Waals surface area contributed by atoms with Crippen LogP contribution >= 0.6 is 0 Å². The average Bonchev–Trinajstić information content (AvgIpc) is 2.85. The lowest BCUT2D eigenvalue weighted by Gasteiger charge is -2.42. The molecule has 2 aromatic rings. The van der Waals surface area contributed by atoms with Crippen LogP contribution in [0.1, 0.15) is 89.0 Å². The van der Waals surface area contributed by atoms with Crippen LogP contribution in [0.25, 0.3) is 11.1 Å². The van der Waals surface area contributed by atoms with E-state index in [4.69, 9.17) is 4.74 Å². The molecular weight excluding hydrogens is 433 g/mol. The Bertz CT molecular complexity index is 871. The van der Waals surface area contributed by atoms with E-state index in [0.717, 1.165) is 28.9 Å². The molecule has 0 amide bonds. The maximum Gasteiger partial charge on any atom is 0.422 e. The van der Waals surface area contributed by atoms with Crippen LogP contribution in [0.3, 0.4) is 0 Å². The molecule has 1 unspecified atom stereocenters. The number of benzene rings is 2. The van der Waals surface area contributed by atoms with Crippen molar-refractivity contribution in [3.05, 3.63) is 54.1 Å². The van der Waals surface area contributed by atoms with Crippen molar-refractivity contribution in [2.75, 3.05) is 6.61 Å². The molecule has 1 nitrogen and oxygen atoms in total. The fourth-order valence-corrected chi connectivity index (χ4v) is 6.27. The molecule has 0 heterocycles. The summed E-state index contributed by atoms with van der Waals surface area (Å²) >= 11 is 0. The number of hydrogen-bond acceptors (Lipinski definition) is 1. The van der Waals surface area contributed by atoms with Gasteiger partial charge in [-0.1, -0.05) is 81.8 Å². The Balaban J connectivity index is 1.28.